The average Bonchev–Trinajstić information content (AvgIpc) is 2.95. The van der Waals surface area contributed by atoms with Crippen molar-refractivity contribution in [3.05, 3.63) is 52.3 Å². The Morgan fingerprint density at radius 2 is 2.04 bits per heavy atom. The number of halogens is 1. The summed E-state index contributed by atoms with van der Waals surface area (Å²) in [5.74, 6) is 0.272. The van der Waals surface area contributed by atoms with Crippen molar-refractivity contribution in [2.24, 2.45) is 5.92 Å². The topological polar surface area (TPSA) is 102 Å². The summed E-state index contributed by atoms with van der Waals surface area (Å²) in [7, 11) is 0. The Hall–Kier alpha value is -2.45. The van der Waals surface area contributed by atoms with Gasteiger partial charge in [0.05, 0.1) is 10.6 Å². The Morgan fingerprint density at radius 1 is 1.35 bits per heavy atom. The highest BCUT2D eigenvalue weighted by Gasteiger charge is 2.18. The molecule has 2 aromatic rings. The number of nitrogens with one attached hydrogen (secondary N) is 2. The zero-order valence-corrected chi connectivity index (χ0v) is 13.0. The van der Waals surface area contributed by atoms with Crippen LogP contribution in [-0.2, 0) is 0 Å². The zero-order valence-electron chi connectivity index (χ0n) is 12.1. The fourth-order valence-electron chi connectivity index (χ4n) is 2.14. The van der Waals surface area contributed by atoms with Crippen LogP contribution in [0.3, 0.4) is 0 Å². The molecule has 9 heteroatoms. The summed E-state index contributed by atoms with van der Waals surface area (Å²) in [5.41, 5.74) is 1.00. The lowest BCUT2D eigenvalue weighted by molar-refractivity contribution is -0.384. The molecule has 0 atom stereocenters. The van der Waals surface area contributed by atoms with Crippen molar-refractivity contribution in [3.63, 3.8) is 0 Å². The summed E-state index contributed by atoms with van der Waals surface area (Å²) in [6.45, 7) is 2.49. The molecule has 0 bridgehead atoms. The molecule has 122 valence electrons. The second-order valence-corrected chi connectivity index (χ2v) is 5.15. The number of nitro benzene ring substituents is 1. The molecule has 1 aliphatic heterocycles. The molecule has 23 heavy (non-hydrogen) atoms. The molecule has 0 radical (unpaired) electrons. The molecule has 0 spiro atoms. The number of nitro groups is 1. The quantitative estimate of drug-likeness (QED) is 0.629. The Kier molecular flexibility index (Phi) is 5.30. The van der Waals surface area contributed by atoms with Crippen LogP contribution >= 0.6 is 12.4 Å². The van der Waals surface area contributed by atoms with Crippen LogP contribution in [0.4, 0.5) is 5.69 Å². The van der Waals surface area contributed by atoms with E-state index in [2.05, 4.69) is 15.7 Å². The number of carbonyl (C=O) groups is 1. The van der Waals surface area contributed by atoms with Gasteiger partial charge in [0, 0.05) is 43.9 Å². The van der Waals surface area contributed by atoms with Crippen molar-refractivity contribution in [1.82, 2.24) is 20.4 Å². The molecule has 0 aliphatic carbocycles. The largest absolute Gasteiger partial charge is 0.350 e. The van der Waals surface area contributed by atoms with Crippen LogP contribution in [0.1, 0.15) is 10.5 Å². The van der Waals surface area contributed by atoms with Crippen molar-refractivity contribution in [3.8, 4) is 5.69 Å². The van der Waals surface area contributed by atoms with Crippen molar-refractivity contribution < 1.29 is 9.72 Å². The van der Waals surface area contributed by atoms with Crippen LogP contribution in [0.15, 0.2) is 36.5 Å². The molecule has 0 saturated carbocycles. The molecule has 8 nitrogen and oxygen atoms in total. The van der Waals surface area contributed by atoms with Gasteiger partial charge in [-0.1, -0.05) is 0 Å². The summed E-state index contributed by atoms with van der Waals surface area (Å²) >= 11 is 0. The van der Waals surface area contributed by atoms with Gasteiger partial charge in [-0.2, -0.15) is 5.10 Å². The van der Waals surface area contributed by atoms with Crippen LogP contribution in [-0.4, -0.2) is 40.2 Å². The molecular weight excluding hydrogens is 322 g/mol. The monoisotopic (exact) mass is 337 g/mol. The van der Waals surface area contributed by atoms with Gasteiger partial charge in [0.15, 0.2) is 5.69 Å². The minimum absolute atomic E-state index is 0. The molecule has 1 aliphatic rings. The zero-order chi connectivity index (χ0) is 15.5. The van der Waals surface area contributed by atoms with E-state index in [9.17, 15) is 14.9 Å². The van der Waals surface area contributed by atoms with Gasteiger partial charge in [-0.3, -0.25) is 14.9 Å². The molecule has 1 fully saturated rings. The fourth-order valence-corrected chi connectivity index (χ4v) is 2.14. The number of carbonyl (C=O) groups excluding carboxylic acids is 1. The highest BCUT2D eigenvalue weighted by atomic mass is 35.5. The van der Waals surface area contributed by atoms with Crippen LogP contribution < -0.4 is 10.6 Å². The summed E-state index contributed by atoms with van der Waals surface area (Å²) in [5, 5.41) is 20.8. The molecule has 1 amide bonds. The van der Waals surface area contributed by atoms with E-state index in [0.29, 0.717) is 23.8 Å². The van der Waals surface area contributed by atoms with Crippen molar-refractivity contribution >= 4 is 24.0 Å². The predicted octanol–water partition coefficient (Wildman–Crippen LogP) is 1.15. The highest BCUT2D eigenvalue weighted by Crippen LogP contribution is 2.15. The Labute approximate surface area is 138 Å². The van der Waals surface area contributed by atoms with Gasteiger partial charge in [-0.25, -0.2) is 4.68 Å². The van der Waals surface area contributed by atoms with Crippen LogP contribution in [0, 0.1) is 16.0 Å². The van der Waals surface area contributed by atoms with E-state index in [1.54, 1.807) is 24.4 Å². The summed E-state index contributed by atoms with van der Waals surface area (Å²) in [4.78, 5) is 22.1. The Bertz CT molecular complexity index is 697. The number of hydrogen-bond donors (Lipinski definition) is 2. The van der Waals surface area contributed by atoms with E-state index in [1.165, 1.54) is 16.8 Å². The van der Waals surface area contributed by atoms with Gasteiger partial charge < -0.3 is 10.6 Å². The van der Waals surface area contributed by atoms with Crippen molar-refractivity contribution in [2.45, 2.75) is 0 Å². The average molecular weight is 338 g/mol. The number of non-ortho nitro benzene ring substituents is 1. The van der Waals surface area contributed by atoms with Crippen molar-refractivity contribution in [2.75, 3.05) is 19.6 Å². The molecule has 1 aromatic carbocycles. The van der Waals surface area contributed by atoms with Crippen molar-refractivity contribution in [1.29, 1.82) is 0 Å². The van der Waals surface area contributed by atoms with Crippen LogP contribution in [0.2, 0.25) is 0 Å². The molecule has 1 saturated heterocycles. The number of aromatic nitrogens is 2. The SMILES string of the molecule is Cl.O=C(NCC1CNC1)c1ccn(-c2ccc([N+](=O)[O-])cc2)n1. The molecular formula is C14H16ClN5O3. The lowest BCUT2D eigenvalue weighted by Crippen LogP contribution is -2.48. The fraction of sp³-hybridized carbons (Fsp3) is 0.286. The predicted molar refractivity (Wildman–Crippen MR) is 86.2 cm³/mol. The first-order valence-electron chi connectivity index (χ1n) is 6.93. The minimum Gasteiger partial charge on any atom is -0.350 e. The van der Waals surface area contributed by atoms with Gasteiger partial charge in [0.2, 0.25) is 0 Å². The third-order valence-electron chi connectivity index (χ3n) is 3.56. The van der Waals surface area contributed by atoms with E-state index in [-0.39, 0.29) is 24.0 Å². The van der Waals surface area contributed by atoms with Gasteiger partial charge in [-0.15, -0.1) is 12.4 Å². The first-order valence-corrected chi connectivity index (χ1v) is 6.93. The normalized spacial score (nSPS) is 13.7. The summed E-state index contributed by atoms with van der Waals surface area (Å²) < 4.78 is 1.52. The van der Waals surface area contributed by atoms with Crippen LogP contribution in [0.5, 0.6) is 0 Å². The highest BCUT2D eigenvalue weighted by molar-refractivity contribution is 5.92. The number of amides is 1. The molecule has 0 unspecified atom stereocenters. The van der Waals surface area contributed by atoms with E-state index in [1.807, 2.05) is 0 Å². The van der Waals surface area contributed by atoms with E-state index < -0.39 is 4.92 Å². The molecule has 1 aromatic heterocycles. The first kappa shape index (κ1) is 16.9. The minimum atomic E-state index is -0.457. The Morgan fingerprint density at radius 3 is 2.61 bits per heavy atom. The molecule has 2 heterocycles. The van der Waals surface area contributed by atoms with Gasteiger partial charge >= 0.3 is 0 Å². The third kappa shape index (κ3) is 3.85. The first-order chi connectivity index (χ1) is 10.6. The standard InChI is InChI=1S/C14H15N5O3.ClH/c20-14(16-9-10-7-15-8-10)13-5-6-18(17-13)11-1-3-12(4-2-11)19(21)22;/h1-6,10,15H,7-9H2,(H,16,20);1H. The second kappa shape index (κ2) is 7.21. The lowest BCUT2D eigenvalue weighted by Gasteiger charge is -2.26. The number of nitrogens with zero attached hydrogens (tertiary/aromatic N) is 3. The summed E-state index contributed by atoms with van der Waals surface area (Å²) in [6.07, 6.45) is 1.65. The van der Waals surface area contributed by atoms with Gasteiger partial charge in [-0.05, 0) is 18.2 Å². The van der Waals surface area contributed by atoms with E-state index >= 15 is 0 Å². The summed E-state index contributed by atoms with van der Waals surface area (Å²) in [6, 6.07) is 7.61. The maximum absolute atomic E-state index is 12.0. The third-order valence-corrected chi connectivity index (χ3v) is 3.56. The maximum atomic E-state index is 12.0. The number of benzene rings is 1. The van der Waals surface area contributed by atoms with Gasteiger partial charge in [0.25, 0.3) is 11.6 Å². The lowest BCUT2D eigenvalue weighted by atomic mass is 10.0. The van der Waals surface area contributed by atoms with Gasteiger partial charge in [0.1, 0.15) is 0 Å². The molecule has 2 N–H and O–H groups in total. The second-order valence-electron chi connectivity index (χ2n) is 5.15. The number of rotatable bonds is 5. The smallest absolute Gasteiger partial charge is 0.271 e. The van der Waals surface area contributed by atoms with E-state index in [0.717, 1.165) is 13.1 Å². The number of hydrogen-bond acceptors (Lipinski definition) is 5. The maximum Gasteiger partial charge on any atom is 0.271 e. The van der Waals surface area contributed by atoms with Crippen LogP contribution in [0.25, 0.3) is 5.69 Å². The molecule has 3 rings (SSSR count). The Balaban J connectivity index is 0.00000192. The van der Waals surface area contributed by atoms with E-state index in [4.69, 9.17) is 0 Å².